The highest BCUT2D eigenvalue weighted by Crippen LogP contribution is 2.17. The molecule has 2 nitrogen and oxygen atoms in total. The van der Waals surface area contributed by atoms with Crippen LogP contribution in [-0.2, 0) is 0 Å². The van der Waals surface area contributed by atoms with E-state index in [0.717, 1.165) is 6.54 Å². The highest BCUT2D eigenvalue weighted by Gasteiger charge is 2.10. The Morgan fingerprint density at radius 3 is 2.32 bits per heavy atom. The van der Waals surface area contributed by atoms with Crippen LogP contribution in [-0.4, -0.2) is 38.1 Å². The molecule has 1 aromatic rings. The van der Waals surface area contributed by atoms with Crippen LogP contribution in [0.25, 0.3) is 0 Å². The van der Waals surface area contributed by atoms with Gasteiger partial charge in [0.15, 0.2) is 0 Å². The summed E-state index contributed by atoms with van der Waals surface area (Å²) in [4.78, 5) is 5.02. The summed E-state index contributed by atoms with van der Waals surface area (Å²) in [5.41, 5.74) is 4.11. The molecule has 1 aromatic carbocycles. The van der Waals surface area contributed by atoms with Crippen LogP contribution in [0.5, 0.6) is 0 Å². The average Bonchev–Trinajstić information content (AvgIpc) is 2.67. The van der Waals surface area contributed by atoms with Crippen molar-refractivity contribution in [1.82, 2.24) is 4.90 Å². The molecule has 0 radical (unpaired) electrons. The molecule has 1 aliphatic heterocycles. The van der Waals surface area contributed by atoms with Gasteiger partial charge in [0.25, 0.3) is 0 Å². The number of benzene rings is 1. The highest BCUT2D eigenvalue weighted by molar-refractivity contribution is 5.49. The number of rotatable bonds is 4. The van der Waals surface area contributed by atoms with E-state index in [1.54, 1.807) is 0 Å². The van der Waals surface area contributed by atoms with Gasteiger partial charge in [0.2, 0.25) is 0 Å². The summed E-state index contributed by atoms with van der Waals surface area (Å²) in [6.45, 7) is 9.28. The van der Waals surface area contributed by atoms with Crippen molar-refractivity contribution in [2.45, 2.75) is 39.5 Å². The smallest absolute Gasteiger partial charge is 0.0366 e. The summed E-state index contributed by atoms with van der Waals surface area (Å²) in [6.07, 6.45) is 5.60. The summed E-state index contributed by atoms with van der Waals surface area (Å²) in [5, 5.41) is 0. The Kier molecular flexibility index (Phi) is 5.26. The predicted octanol–water partition coefficient (Wildman–Crippen LogP) is 3.62. The highest BCUT2D eigenvalue weighted by atomic mass is 15.2. The largest absolute Gasteiger partial charge is 0.373 e. The van der Waals surface area contributed by atoms with E-state index < -0.39 is 0 Å². The molecule has 1 fully saturated rings. The zero-order valence-electron chi connectivity index (χ0n) is 12.8. The molecule has 2 rings (SSSR count). The zero-order chi connectivity index (χ0) is 13.7. The predicted molar refractivity (Wildman–Crippen MR) is 84.1 cm³/mol. The number of likely N-dealkylation sites (tertiary alicyclic amines) is 1. The second-order valence-electron chi connectivity index (χ2n) is 5.95. The maximum atomic E-state index is 2.63. The van der Waals surface area contributed by atoms with Gasteiger partial charge in [0, 0.05) is 25.8 Å². The fourth-order valence-corrected chi connectivity index (χ4v) is 2.74. The van der Waals surface area contributed by atoms with Gasteiger partial charge in [-0.25, -0.2) is 0 Å². The van der Waals surface area contributed by atoms with Crippen molar-refractivity contribution in [2.75, 3.05) is 38.1 Å². The van der Waals surface area contributed by atoms with Gasteiger partial charge >= 0.3 is 0 Å². The Balaban J connectivity index is 1.85. The van der Waals surface area contributed by atoms with E-state index in [4.69, 9.17) is 0 Å². The third-order valence-corrected chi connectivity index (χ3v) is 4.38. The lowest BCUT2D eigenvalue weighted by Crippen LogP contribution is -2.33. The Hall–Kier alpha value is -1.02. The fourth-order valence-electron chi connectivity index (χ4n) is 2.74. The second-order valence-corrected chi connectivity index (χ2v) is 5.95. The van der Waals surface area contributed by atoms with Crippen LogP contribution in [0.3, 0.4) is 0 Å². The Bertz CT molecular complexity index is 392. The molecule has 0 N–H and O–H groups in total. The lowest BCUT2D eigenvalue weighted by Gasteiger charge is -2.25. The molecule has 0 amide bonds. The Morgan fingerprint density at radius 1 is 1.00 bits per heavy atom. The molecule has 0 bridgehead atoms. The molecule has 0 atom stereocenters. The summed E-state index contributed by atoms with van der Waals surface area (Å²) < 4.78 is 0. The monoisotopic (exact) mass is 260 g/mol. The second kappa shape index (κ2) is 6.95. The van der Waals surface area contributed by atoms with E-state index in [0.29, 0.717) is 0 Å². The molecule has 19 heavy (non-hydrogen) atoms. The van der Waals surface area contributed by atoms with Gasteiger partial charge in [-0.1, -0.05) is 18.9 Å². The van der Waals surface area contributed by atoms with Crippen LogP contribution < -0.4 is 4.90 Å². The van der Waals surface area contributed by atoms with Gasteiger partial charge in [-0.3, -0.25) is 0 Å². The lowest BCUT2D eigenvalue weighted by molar-refractivity contribution is 0.292. The van der Waals surface area contributed by atoms with Crippen LogP contribution in [0.2, 0.25) is 0 Å². The number of anilines is 1. The maximum absolute atomic E-state index is 2.63. The van der Waals surface area contributed by atoms with Gasteiger partial charge in [-0.05, 0) is 63.0 Å². The molecule has 0 spiro atoms. The molecular weight excluding hydrogens is 232 g/mol. The molecule has 0 aliphatic carbocycles. The molecule has 0 saturated carbocycles. The summed E-state index contributed by atoms with van der Waals surface area (Å²) >= 11 is 0. The first-order valence-electron chi connectivity index (χ1n) is 7.67. The minimum Gasteiger partial charge on any atom is -0.373 e. The van der Waals surface area contributed by atoms with Crippen LogP contribution >= 0.6 is 0 Å². The first-order chi connectivity index (χ1) is 9.16. The number of aryl methyl sites for hydroxylation is 2. The maximum Gasteiger partial charge on any atom is 0.0366 e. The molecule has 1 saturated heterocycles. The molecule has 1 aliphatic rings. The average molecular weight is 260 g/mol. The van der Waals surface area contributed by atoms with E-state index in [-0.39, 0.29) is 0 Å². The van der Waals surface area contributed by atoms with Crippen LogP contribution in [0, 0.1) is 13.8 Å². The normalized spacial score (nSPS) is 17.2. The Morgan fingerprint density at radius 2 is 1.68 bits per heavy atom. The van der Waals surface area contributed by atoms with Crippen LogP contribution in [0.1, 0.15) is 36.8 Å². The molecule has 1 heterocycles. The first-order valence-corrected chi connectivity index (χ1v) is 7.67. The number of hydrogen-bond donors (Lipinski definition) is 0. The van der Waals surface area contributed by atoms with Gasteiger partial charge in [0.1, 0.15) is 0 Å². The Labute approximate surface area is 118 Å². The minimum absolute atomic E-state index is 1.13. The van der Waals surface area contributed by atoms with E-state index in [1.165, 1.54) is 62.1 Å². The number of likely N-dealkylation sites (N-methyl/N-ethyl adjacent to an activating group) is 1. The van der Waals surface area contributed by atoms with Crippen LogP contribution in [0.4, 0.5) is 5.69 Å². The van der Waals surface area contributed by atoms with Gasteiger partial charge in [0.05, 0.1) is 0 Å². The molecule has 106 valence electrons. The van der Waals surface area contributed by atoms with E-state index in [1.807, 2.05) is 0 Å². The third-order valence-electron chi connectivity index (χ3n) is 4.38. The van der Waals surface area contributed by atoms with E-state index >= 15 is 0 Å². The van der Waals surface area contributed by atoms with Crippen molar-refractivity contribution in [2.24, 2.45) is 0 Å². The van der Waals surface area contributed by atoms with Crippen molar-refractivity contribution in [3.05, 3.63) is 29.3 Å². The van der Waals surface area contributed by atoms with Crippen molar-refractivity contribution in [3.63, 3.8) is 0 Å². The summed E-state index contributed by atoms with van der Waals surface area (Å²) in [6, 6.07) is 6.77. The zero-order valence-corrected chi connectivity index (χ0v) is 12.8. The van der Waals surface area contributed by atoms with Crippen LogP contribution in [0.15, 0.2) is 18.2 Å². The minimum atomic E-state index is 1.13. The third kappa shape index (κ3) is 4.24. The van der Waals surface area contributed by atoms with E-state index in [9.17, 15) is 0 Å². The number of nitrogens with zero attached hydrogens (tertiary/aromatic N) is 2. The van der Waals surface area contributed by atoms with Crippen molar-refractivity contribution in [3.8, 4) is 0 Å². The topological polar surface area (TPSA) is 6.48 Å². The van der Waals surface area contributed by atoms with Gasteiger partial charge in [-0.15, -0.1) is 0 Å². The molecule has 2 heteroatoms. The summed E-state index contributed by atoms with van der Waals surface area (Å²) in [7, 11) is 2.21. The van der Waals surface area contributed by atoms with Crippen molar-refractivity contribution < 1.29 is 0 Å². The van der Waals surface area contributed by atoms with Crippen molar-refractivity contribution in [1.29, 1.82) is 0 Å². The molecular formula is C17H28N2. The van der Waals surface area contributed by atoms with Gasteiger partial charge in [-0.2, -0.15) is 0 Å². The fraction of sp³-hybridized carbons (Fsp3) is 0.647. The quantitative estimate of drug-likeness (QED) is 0.816. The summed E-state index contributed by atoms with van der Waals surface area (Å²) in [5.74, 6) is 0. The SMILES string of the molecule is Cc1ccc(N(C)CCN2CCCCCC2)cc1C. The van der Waals surface area contributed by atoms with E-state index in [2.05, 4.69) is 48.9 Å². The number of hydrogen-bond acceptors (Lipinski definition) is 2. The molecule has 0 aromatic heterocycles. The lowest BCUT2D eigenvalue weighted by atomic mass is 10.1. The van der Waals surface area contributed by atoms with Gasteiger partial charge < -0.3 is 9.80 Å². The first kappa shape index (κ1) is 14.4. The van der Waals surface area contributed by atoms with Crippen molar-refractivity contribution >= 4 is 5.69 Å². The molecule has 0 unspecified atom stereocenters. The standard InChI is InChI=1S/C17H28N2/c1-15-8-9-17(14-16(15)2)18(3)12-13-19-10-6-4-5-7-11-19/h8-9,14H,4-7,10-13H2,1-3H3.